The van der Waals surface area contributed by atoms with E-state index in [2.05, 4.69) is 21.2 Å². The molecule has 0 aliphatic carbocycles. The Hall–Kier alpha value is -1.49. The summed E-state index contributed by atoms with van der Waals surface area (Å²) in [7, 11) is 0. The minimum absolute atomic E-state index is 0.0347. The van der Waals surface area contributed by atoms with Gasteiger partial charge in [0.25, 0.3) is 5.91 Å². The number of benzene rings is 1. The Morgan fingerprint density at radius 1 is 1.18 bits per heavy atom. The molecule has 0 saturated carbocycles. The molecule has 0 heterocycles. The number of Topliss-reactive ketones (excluding diaryl/α,β-unsaturated/α-hetero) is 2. The summed E-state index contributed by atoms with van der Waals surface area (Å²) in [6.45, 7) is 1.62. The van der Waals surface area contributed by atoms with E-state index in [1.165, 1.54) is 0 Å². The summed E-state index contributed by atoms with van der Waals surface area (Å²) in [4.78, 5) is 33.7. The number of hydrogen-bond donors (Lipinski definition) is 1. The van der Waals surface area contributed by atoms with E-state index in [0.29, 0.717) is 11.3 Å². The van der Waals surface area contributed by atoms with Crippen molar-refractivity contribution in [1.29, 1.82) is 0 Å². The molecule has 1 aromatic rings. The summed E-state index contributed by atoms with van der Waals surface area (Å²) in [5.74, 6) is -1.13. The number of carbonyl (C=O) groups excluding carboxylic acids is 3. The van der Waals surface area contributed by atoms with E-state index in [4.69, 9.17) is 0 Å². The molecule has 1 N–H and O–H groups in total. The number of ketones is 2. The van der Waals surface area contributed by atoms with Crippen LogP contribution in [0.5, 0.6) is 0 Å². The van der Waals surface area contributed by atoms with Crippen LogP contribution in [-0.4, -0.2) is 22.8 Å². The Morgan fingerprint density at radius 3 is 2.24 bits per heavy atom. The van der Waals surface area contributed by atoms with Crippen LogP contribution in [0.15, 0.2) is 24.3 Å². The van der Waals surface area contributed by atoms with Crippen molar-refractivity contribution < 1.29 is 14.4 Å². The third kappa shape index (κ3) is 3.78. The van der Waals surface area contributed by atoms with Crippen molar-refractivity contribution in [2.75, 3.05) is 10.6 Å². The van der Waals surface area contributed by atoms with E-state index >= 15 is 0 Å². The summed E-state index contributed by atoms with van der Waals surface area (Å²) in [5.41, 5.74) is 1.06. The second-order valence-corrected chi connectivity index (χ2v) is 3.93. The molecule has 0 unspecified atom stereocenters. The van der Waals surface area contributed by atoms with Crippen LogP contribution >= 0.6 is 15.9 Å². The largest absolute Gasteiger partial charge is 0.319 e. The highest BCUT2D eigenvalue weighted by atomic mass is 79.9. The van der Waals surface area contributed by atoms with Gasteiger partial charge in [0.15, 0.2) is 5.78 Å². The minimum Gasteiger partial charge on any atom is -0.319 e. The number of nitrogens with one attached hydrogen (secondary N) is 1. The summed E-state index contributed by atoms with van der Waals surface area (Å²) in [5, 5.41) is 2.72. The molecule has 0 aliphatic heterocycles. The molecule has 0 radical (unpaired) electrons. The fourth-order valence-electron chi connectivity index (χ4n) is 1.18. The van der Waals surface area contributed by atoms with Crippen LogP contribution in [0.25, 0.3) is 0 Å². The number of amides is 1. The molecule has 5 heteroatoms. The molecule has 0 aromatic heterocycles. The van der Waals surface area contributed by atoms with E-state index in [1.54, 1.807) is 31.2 Å². The van der Waals surface area contributed by atoms with Crippen LogP contribution in [0, 0.1) is 0 Å². The van der Waals surface area contributed by atoms with E-state index in [0.717, 1.165) is 0 Å². The van der Waals surface area contributed by atoms with E-state index in [9.17, 15) is 14.4 Å². The minimum atomic E-state index is -0.632. The molecule has 90 valence electrons. The van der Waals surface area contributed by atoms with Gasteiger partial charge in [-0.2, -0.15) is 0 Å². The Kier molecular flexibility index (Phi) is 5.03. The number of alkyl halides is 1. The summed E-state index contributed by atoms with van der Waals surface area (Å²) >= 11 is 3.07. The molecule has 4 nitrogen and oxygen atoms in total. The van der Waals surface area contributed by atoms with Crippen molar-refractivity contribution in [1.82, 2.24) is 0 Å². The van der Waals surface area contributed by atoms with Crippen LogP contribution in [0.1, 0.15) is 23.7 Å². The molecule has 1 rings (SSSR count). The normalized spacial score (nSPS) is 9.76. The van der Waals surface area contributed by atoms with Crippen LogP contribution in [-0.2, 0) is 9.59 Å². The Labute approximate surface area is 108 Å². The lowest BCUT2D eigenvalue weighted by atomic mass is 10.1. The first kappa shape index (κ1) is 13.6. The average molecular weight is 298 g/mol. The van der Waals surface area contributed by atoms with E-state index in [1.807, 2.05) is 0 Å². The van der Waals surface area contributed by atoms with Crippen molar-refractivity contribution >= 4 is 39.1 Å². The number of halogens is 1. The highest BCUT2D eigenvalue weighted by molar-refractivity contribution is 9.09. The molecular formula is C12H12BrNO3. The molecule has 0 fully saturated rings. The van der Waals surface area contributed by atoms with Crippen LogP contribution in [0.2, 0.25) is 0 Å². The molecule has 17 heavy (non-hydrogen) atoms. The molecule has 0 atom stereocenters. The molecule has 0 spiro atoms. The first-order valence-corrected chi connectivity index (χ1v) is 6.24. The fraction of sp³-hybridized carbons (Fsp3) is 0.250. The Balaban J connectivity index is 2.72. The number of hydrogen-bond acceptors (Lipinski definition) is 3. The number of carbonyl (C=O) groups is 3. The van der Waals surface area contributed by atoms with Crippen molar-refractivity contribution in [3.63, 3.8) is 0 Å². The Bertz CT molecular complexity index is 440. The van der Waals surface area contributed by atoms with Crippen molar-refractivity contribution in [3.05, 3.63) is 29.8 Å². The maximum Gasteiger partial charge on any atom is 0.291 e. The molecular weight excluding hydrogens is 286 g/mol. The fourth-order valence-corrected chi connectivity index (χ4v) is 1.50. The standard InChI is InChI=1S/C12H12BrNO3/c1-2-10(15)12(17)14-9-5-3-8(4-6-9)11(16)7-13/h3-6H,2,7H2,1H3,(H,14,17). The number of anilines is 1. The van der Waals surface area contributed by atoms with Crippen LogP contribution in [0.4, 0.5) is 5.69 Å². The van der Waals surface area contributed by atoms with Crippen molar-refractivity contribution in [2.45, 2.75) is 13.3 Å². The zero-order valence-electron chi connectivity index (χ0n) is 9.33. The molecule has 1 amide bonds. The van der Waals surface area contributed by atoms with Gasteiger partial charge in [-0.05, 0) is 24.3 Å². The molecule has 0 saturated heterocycles. The zero-order valence-corrected chi connectivity index (χ0v) is 10.9. The zero-order chi connectivity index (χ0) is 12.8. The maximum atomic E-state index is 11.3. The SMILES string of the molecule is CCC(=O)C(=O)Nc1ccc(C(=O)CBr)cc1. The highest BCUT2D eigenvalue weighted by Crippen LogP contribution is 2.11. The first-order chi connectivity index (χ1) is 8.08. The lowest BCUT2D eigenvalue weighted by molar-refractivity contribution is -0.134. The van der Waals surface area contributed by atoms with Gasteiger partial charge in [0.2, 0.25) is 5.78 Å². The Morgan fingerprint density at radius 2 is 1.76 bits per heavy atom. The summed E-state index contributed by atoms with van der Waals surface area (Å²) in [6, 6.07) is 6.40. The van der Waals surface area contributed by atoms with Gasteiger partial charge in [0.1, 0.15) is 0 Å². The third-order valence-corrected chi connectivity index (χ3v) is 2.67. The molecule has 0 aliphatic rings. The van der Waals surface area contributed by atoms with Gasteiger partial charge < -0.3 is 5.32 Å². The molecule has 1 aromatic carbocycles. The van der Waals surface area contributed by atoms with Crippen molar-refractivity contribution in [3.8, 4) is 0 Å². The van der Waals surface area contributed by atoms with Gasteiger partial charge in [0.05, 0.1) is 5.33 Å². The lowest BCUT2D eigenvalue weighted by Gasteiger charge is -2.04. The maximum absolute atomic E-state index is 11.3. The third-order valence-electron chi connectivity index (χ3n) is 2.16. The predicted octanol–water partition coefficient (Wildman–Crippen LogP) is 2.18. The van der Waals surface area contributed by atoms with Crippen LogP contribution < -0.4 is 5.32 Å². The van der Waals surface area contributed by atoms with Gasteiger partial charge in [-0.25, -0.2) is 0 Å². The smallest absolute Gasteiger partial charge is 0.291 e. The molecule has 0 bridgehead atoms. The van der Waals surface area contributed by atoms with Gasteiger partial charge in [-0.3, -0.25) is 14.4 Å². The highest BCUT2D eigenvalue weighted by Gasteiger charge is 2.11. The van der Waals surface area contributed by atoms with Crippen molar-refractivity contribution in [2.24, 2.45) is 0 Å². The van der Waals surface area contributed by atoms with Crippen LogP contribution in [0.3, 0.4) is 0 Å². The van der Waals surface area contributed by atoms with E-state index < -0.39 is 11.7 Å². The quantitative estimate of drug-likeness (QED) is 0.515. The second kappa shape index (κ2) is 6.30. The topological polar surface area (TPSA) is 63.2 Å². The predicted molar refractivity (Wildman–Crippen MR) is 68.5 cm³/mol. The summed E-state index contributed by atoms with van der Waals surface area (Å²) in [6.07, 6.45) is 0.173. The second-order valence-electron chi connectivity index (χ2n) is 3.37. The van der Waals surface area contributed by atoms with Gasteiger partial charge in [-0.1, -0.05) is 22.9 Å². The lowest BCUT2D eigenvalue weighted by Crippen LogP contribution is -2.21. The average Bonchev–Trinajstić information content (AvgIpc) is 2.37. The van der Waals surface area contributed by atoms with Gasteiger partial charge >= 0.3 is 0 Å². The first-order valence-electron chi connectivity index (χ1n) is 5.12. The van der Waals surface area contributed by atoms with Gasteiger partial charge in [0, 0.05) is 17.7 Å². The monoisotopic (exact) mass is 297 g/mol. The number of rotatable bonds is 5. The summed E-state index contributed by atoms with van der Waals surface area (Å²) < 4.78 is 0. The van der Waals surface area contributed by atoms with Gasteiger partial charge in [-0.15, -0.1) is 0 Å². The van der Waals surface area contributed by atoms with E-state index in [-0.39, 0.29) is 17.5 Å².